The lowest BCUT2D eigenvalue weighted by Crippen LogP contribution is -2.54. The van der Waals surface area contributed by atoms with Gasteiger partial charge in [0.2, 0.25) is 10.0 Å². The first-order chi connectivity index (χ1) is 16.7. The molecule has 2 fully saturated rings. The summed E-state index contributed by atoms with van der Waals surface area (Å²) in [7, 11) is -3.59. The van der Waals surface area contributed by atoms with Gasteiger partial charge < -0.3 is 5.32 Å². The summed E-state index contributed by atoms with van der Waals surface area (Å²) in [5, 5.41) is 3.42. The minimum Gasteiger partial charge on any atom is -0.322 e. The third kappa shape index (κ3) is 5.53. The lowest BCUT2D eigenvalue weighted by molar-refractivity contribution is -0.139. The first-order valence-electron chi connectivity index (χ1n) is 11.5. The van der Waals surface area contributed by atoms with Crippen LogP contribution in [0.15, 0.2) is 65.6 Å². The van der Waals surface area contributed by atoms with Crippen molar-refractivity contribution in [3.63, 3.8) is 0 Å². The van der Waals surface area contributed by atoms with Crippen molar-refractivity contribution in [3.8, 4) is 0 Å². The Morgan fingerprint density at radius 2 is 1.57 bits per heavy atom. The summed E-state index contributed by atoms with van der Waals surface area (Å²) >= 11 is 0. The van der Waals surface area contributed by atoms with E-state index in [4.69, 9.17) is 0 Å². The number of hydrazine groups is 1. The Kier molecular flexibility index (Phi) is 7.20. The van der Waals surface area contributed by atoms with Crippen molar-refractivity contribution in [2.75, 3.05) is 32.7 Å². The van der Waals surface area contributed by atoms with E-state index in [1.54, 1.807) is 42.2 Å². The number of carbonyl (C=O) groups is 3. The molecule has 0 radical (unpaired) electrons. The van der Waals surface area contributed by atoms with Crippen molar-refractivity contribution in [3.05, 3.63) is 66.2 Å². The van der Waals surface area contributed by atoms with Gasteiger partial charge in [-0.05, 0) is 37.5 Å². The van der Waals surface area contributed by atoms with Crippen LogP contribution in [0.3, 0.4) is 0 Å². The van der Waals surface area contributed by atoms with Crippen molar-refractivity contribution < 1.29 is 22.8 Å². The summed E-state index contributed by atoms with van der Waals surface area (Å²) in [6, 6.07) is 17.2. The van der Waals surface area contributed by atoms with Crippen LogP contribution in [-0.2, 0) is 26.0 Å². The van der Waals surface area contributed by atoms with Crippen molar-refractivity contribution >= 4 is 27.9 Å². The summed E-state index contributed by atoms with van der Waals surface area (Å²) in [6.45, 7) is 2.78. The monoisotopic (exact) mass is 499 g/mol. The summed E-state index contributed by atoms with van der Waals surface area (Å²) < 4.78 is 26.9. The molecule has 11 heteroatoms. The van der Waals surface area contributed by atoms with Gasteiger partial charge in [-0.3, -0.25) is 19.9 Å². The molecule has 2 N–H and O–H groups in total. The average molecular weight is 500 g/mol. The van der Waals surface area contributed by atoms with E-state index in [0.29, 0.717) is 25.9 Å². The largest absolute Gasteiger partial charge is 0.344 e. The molecule has 0 aromatic heterocycles. The lowest BCUT2D eigenvalue weighted by Gasteiger charge is -2.33. The maximum Gasteiger partial charge on any atom is 0.344 e. The number of hydrogen-bond donors (Lipinski definition) is 2. The second kappa shape index (κ2) is 10.1. The second-order valence-corrected chi connectivity index (χ2v) is 10.9. The Balaban J connectivity index is 1.28. The SMILES string of the molecule is CC1(CCc2ccccc2)NC(=O)N(NC(=O)CN2CCN(S(=O)(=O)c3ccccc3)CC2)C1=O. The molecule has 2 aromatic carbocycles. The lowest BCUT2D eigenvalue weighted by atomic mass is 9.93. The van der Waals surface area contributed by atoms with Gasteiger partial charge in [0.05, 0.1) is 11.4 Å². The topological polar surface area (TPSA) is 119 Å². The van der Waals surface area contributed by atoms with E-state index < -0.39 is 33.4 Å². The summed E-state index contributed by atoms with van der Waals surface area (Å²) in [5.74, 6) is -1.02. The number of piperazine rings is 1. The summed E-state index contributed by atoms with van der Waals surface area (Å²) in [5.41, 5.74) is 2.34. The smallest absolute Gasteiger partial charge is 0.322 e. The van der Waals surface area contributed by atoms with Gasteiger partial charge in [-0.25, -0.2) is 13.2 Å². The van der Waals surface area contributed by atoms with Gasteiger partial charge in [0.15, 0.2) is 0 Å². The number of carbonyl (C=O) groups excluding carboxylic acids is 3. The van der Waals surface area contributed by atoms with E-state index in [2.05, 4.69) is 10.7 Å². The molecule has 2 saturated heterocycles. The summed E-state index contributed by atoms with van der Waals surface area (Å²) in [4.78, 5) is 40.0. The second-order valence-electron chi connectivity index (χ2n) is 8.92. The molecule has 2 aliphatic heterocycles. The molecule has 2 heterocycles. The van der Waals surface area contributed by atoms with Crippen LogP contribution in [0.5, 0.6) is 0 Å². The predicted molar refractivity (Wildman–Crippen MR) is 128 cm³/mol. The van der Waals surface area contributed by atoms with Crippen molar-refractivity contribution in [2.24, 2.45) is 0 Å². The average Bonchev–Trinajstić information content (AvgIpc) is 3.07. The third-order valence-corrected chi connectivity index (χ3v) is 8.25. The summed E-state index contributed by atoms with van der Waals surface area (Å²) in [6.07, 6.45) is 0.993. The molecule has 4 amide bonds. The van der Waals surface area contributed by atoms with Gasteiger partial charge in [0.25, 0.3) is 11.8 Å². The molecule has 0 saturated carbocycles. The van der Waals surface area contributed by atoms with Crippen LogP contribution >= 0.6 is 0 Å². The van der Waals surface area contributed by atoms with Crippen LogP contribution < -0.4 is 10.7 Å². The number of imide groups is 1. The molecule has 35 heavy (non-hydrogen) atoms. The van der Waals surface area contributed by atoms with E-state index in [9.17, 15) is 22.8 Å². The molecule has 2 aromatic rings. The molecule has 4 rings (SSSR count). The van der Waals surface area contributed by atoms with Crippen LogP contribution in [0.4, 0.5) is 4.79 Å². The van der Waals surface area contributed by atoms with Crippen molar-refractivity contribution in [2.45, 2.75) is 30.2 Å². The molecule has 1 unspecified atom stereocenters. The zero-order valence-corrected chi connectivity index (χ0v) is 20.3. The molecule has 0 bridgehead atoms. The minimum atomic E-state index is -3.59. The molecular weight excluding hydrogens is 470 g/mol. The number of amides is 4. The third-order valence-electron chi connectivity index (χ3n) is 6.33. The van der Waals surface area contributed by atoms with Gasteiger partial charge in [-0.1, -0.05) is 48.5 Å². The molecular formula is C24H29N5O5S. The number of aryl methyl sites for hydroxylation is 1. The Hall–Kier alpha value is -3.28. The van der Waals surface area contributed by atoms with Gasteiger partial charge in [-0.2, -0.15) is 9.31 Å². The Morgan fingerprint density at radius 1 is 0.971 bits per heavy atom. The van der Waals surface area contributed by atoms with Gasteiger partial charge in [0.1, 0.15) is 5.54 Å². The highest BCUT2D eigenvalue weighted by atomic mass is 32.2. The number of nitrogens with one attached hydrogen (secondary N) is 2. The first kappa shape index (κ1) is 24.8. The standard InChI is InChI=1S/C24H29N5O5S/c1-24(13-12-19-8-4-2-5-9-19)22(31)29(23(32)25-24)26-21(30)18-27-14-16-28(17-15-27)35(33,34)20-10-6-3-7-11-20/h2-11H,12-18H2,1H3,(H,25,32)(H,26,30). The number of benzene rings is 2. The number of sulfonamides is 1. The number of hydrogen-bond acceptors (Lipinski definition) is 6. The quantitative estimate of drug-likeness (QED) is 0.523. The minimum absolute atomic E-state index is 0.0585. The maximum atomic E-state index is 12.9. The fourth-order valence-corrected chi connectivity index (χ4v) is 5.67. The van der Waals surface area contributed by atoms with Crippen LogP contribution in [0, 0.1) is 0 Å². The van der Waals surface area contributed by atoms with Gasteiger partial charge in [-0.15, -0.1) is 0 Å². The molecule has 1 atom stereocenters. The number of rotatable bonds is 8. The van der Waals surface area contributed by atoms with Crippen LogP contribution in [0.25, 0.3) is 0 Å². The Morgan fingerprint density at radius 3 is 2.20 bits per heavy atom. The fourth-order valence-electron chi connectivity index (χ4n) is 4.23. The fraction of sp³-hybridized carbons (Fsp3) is 0.375. The number of nitrogens with zero attached hydrogens (tertiary/aromatic N) is 3. The Labute approximate surface area is 204 Å². The zero-order chi connectivity index (χ0) is 25.1. The highest BCUT2D eigenvalue weighted by Crippen LogP contribution is 2.22. The van der Waals surface area contributed by atoms with E-state index in [-0.39, 0.29) is 24.5 Å². The van der Waals surface area contributed by atoms with E-state index >= 15 is 0 Å². The highest BCUT2D eigenvalue weighted by molar-refractivity contribution is 7.89. The normalized spacial score (nSPS) is 21.7. The maximum absolute atomic E-state index is 12.9. The van der Waals surface area contributed by atoms with Gasteiger partial charge in [0, 0.05) is 26.2 Å². The molecule has 0 spiro atoms. The number of urea groups is 1. The van der Waals surface area contributed by atoms with Crippen LogP contribution in [-0.4, -0.2) is 78.7 Å². The predicted octanol–water partition coefficient (Wildman–Crippen LogP) is 0.967. The highest BCUT2D eigenvalue weighted by Gasteiger charge is 2.48. The first-order valence-corrected chi connectivity index (χ1v) is 12.9. The van der Waals surface area contributed by atoms with Crippen molar-refractivity contribution in [1.82, 2.24) is 25.0 Å². The van der Waals surface area contributed by atoms with E-state index in [0.717, 1.165) is 10.6 Å². The molecule has 2 aliphatic rings. The Bertz CT molecular complexity index is 1180. The van der Waals surface area contributed by atoms with Crippen molar-refractivity contribution in [1.29, 1.82) is 0 Å². The van der Waals surface area contributed by atoms with E-state index in [1.165, 1.54) is 4.31 Å². The molecule has 0 aliphatic carbocycles. The van der Waals surface area contributed by atoms with E-state index in [1.807, 2.05) is 30.3 Å². The zero-order valence-electron chi connectivity index (χ0n) is 19.5. The molecule has 186 valence electrons. The molecule has 10 nitrogen and oxygen atoms in total. The van der Waals surface area contributed by atoms with Gasteiger partial charge >= 0.3 is 6.03 Å². The van der Waals surface area contributed by atoms with Crippen LogP contribution in [0.2, 0.25) is 0 Å². The van der Waals surface area contributed by atoms with Crippen LogP contribution in [0.1, 0.15) is 18.9 Å².